The van der Waals surface area contributed by atoms with Gasteiger partial charge in [0.2, 0.25) is 0 Å². The maximum Gasteiger partial charge on any atom is 0.191 e. The van der Waals surface area contributed by atoms with Gasteiger partial charge < -0.3 is 20.6 Å². The SMILES string of the molecule is CCNC(=NCc1ccc(CN(C)C)cc1)NCC(O)c1ccc(Cl)s1.I. The van der Waals surface area contributed by atoms with Crippen LogP contribution in [0.1, 0.15) is 29.0 Å². The Morgan fingerprint density at radius 2 is 1.81 bits per heavy atom. The van der Waals surface area contributed by atoms with E-state index in [4.69, 9.17) is 11.6 Å². The molecule has 0 bridgehead atoms. The Bertz CT molecular complexity index is 706. The van der Waals surface area contributed by atoms with Crippen molar-refractivity contribution in [2.24, 2.45) is 4.99 Å². The molecule has 1 unspecified atom stereocenters. The number of rotatable bonds is 8. The minimum Gasteiger partial charge on any atom is -0.386 e. The fourth-order valence-electron chi connectivity index (χ4n) is 2.43. The van der Waals surface area contributed by atoms with E-state index in [0.717, 1.165) is 23.5 Å². The first kappa shape index (κ1) is 24.2. The van der Waals surface area contributed by atoms with Crippen molar-refractivity contribution in [2.75, 3.05) is 27.2 Å². The topological polar surface area (TPSA) is 59.9 Å². The first-order valence-corrected chi connectivity index (χ1v) is 9.85. The van der Waals surface area contributed by atoms with Gasteiger partial charge >= 0.3 is 0 Å². The Hall–Kier alpha value is -0.870. The van der Waals surface area contributed by atoms with Crippen LogP contribution in [-0.4, -0.2) is 43.2 Å². The largest absolute Gasteiger partial charge is 0.386 e. The molecule has 150 valence electrons. The molecular weight excluding hydrogens is 495 g/mol. The van der Waals surface area contributed by atoms with Crippen molar-refractivity contribution in [3.05, 3.63) is 56.7 Å². The molecular formula is C19H28ClIN4OS. The van der Waals surface area contributed by atoms with Gasteiger partial charge in [0.15, 0.2) is 5.96 Å². The monoisotopic (exact) mass is 522 g/mol. The highest BCUT2D eigenvalue weighted by Gasteiger charge is 2.11. The zero-order valence-electron chi connectivity index (χ0n) is 15.9. The van der Waals surface area contributed by atoms with Crippen LogP contribution < -0.4 is 10.6 Å². The van der Waals surface area contributed by atoms with E-state index in [1.54, 1.807) is 6.07 Å². The van der Waals surface area contributed by atoms with Gasteiger partial charge in [0.05, 0.1) is 10.9 Å². The van der Waals surface area contributed by atoms with Crippen molar-refractivity contribution in [1.82, 2.24) is 15.5 Å². The number of aliphatic hydroxyl groups excluding tert-OH is 1. The molecule has 5 nitrogen and oxygen atoms in total. The van der Waals surface area contributed by atoms with Gasteiger partial charge in [-0.2, -0.15) is 0 Å². The standard InChI is InChI=1S/C19H27ClN4OS.HI/c1-4-21-19(23-12-16(25)17-9-10-18(20)26-17)22-11-14-5-7-15(8-6-14)13-24(2)3;/h5-10,16,25H,4,11-13H2,1-3H3,(H2,21,22,23);1H. The lowest BCUT2D eigenvalue weighted by molar-refractivity contribution is 0.184. The number of halogens is 2. The Kier molecular flexibility index (Phi) is 11.2. The molecule has 27 heavy (non-hydrogen) atoms. The fourth-order valence-corrected chi connectivity index (χ4v) is 3.48. The highest BCUT2D eigenvalue weighted by Crippen LogP contribution is 2.26. The number of aliphatic imine (C=N–C) groups is 1. The Morgan fingerprint density at radius 1 is 1.15 bits per heavy atom. The summed E-state index contributed by atoms with van der Waals surface area (Å²) in [5.74, 6) is 0.687. The van der Waals surface area contributed by atoms with Crippen LogP contribution in [0.25, 0.3) is 0 Å². The molecule has 1 atom stereocenters. The van der Waals surface area contributed by atoms with E-state index in [9.17, 15) is 5.11 Å². The Morgan fingerprint density at radius 3 is 2.37 bits per heavy atom. The molecule has 2 aromatic rings. The van der Waals surface area contributed by atoms with Crippen molar-refractivity contribution in [2.45, 2.75) is 26.1 Å². The number of guanidine groups is 1. The molecule has 3 N–H and O–H groups in total. The minimum absolute atomic E-state index is 0. The number of nitrogens with zero attached hydrogens (tertiary/aromatic N) is 2. The van der Waals surface area contributed by atoms with Gasteiger partial charge in [-0.1, -0.05) is 35.9 Å². The van der Waals surface area contributed by atoms with E-state index >= 15 is 0 Å². The zero-order chi connectivity index (χ0) is 18.9. The molecule has 8 heteroatoms. The summed E-state index contributed by atoms with van der Waals surface area (Å²) < 4.78 is 0.678. The number of hydrogen-bond donors (Lipinski definition) is 3. The van der Waals surface area contributed by atoms with E-state index in [1.807, 2.05) is 13.0 Å². The molecule has 1 heterocycles. The van der Waals surface area contributed by atoms with E-state index in [2.05, 4.69) is 58.9 Å². The zero-order valence-corrected chi connectivity index (χ0v) is 19.8. The predicted molar refractivity (Wildman–Crippen MR) is 126 cm³/mol. The lowest BCUT2D eigenvalue weighted by atomic mass is 10.1. The van der Waals surface area contributed by atoms with E-state index < -0.39 is 6.10 Å². The summed E-state index contributed by atoms with van der Waals surface area (Å²) in [6, 6.07) is 12.1. The molecule has 0 saturated carbocycles. The summed E-state index contributed by atoms with van der Waals surface area (Å²) in [6.07, 6.45) is -0.610. The summed E-state index contributed by atoms with van der Waals surface area (Å²) >= 11 is 7.31. The van der Waals surface area contributed by atoms with Crippen LogP contribution in [0.2, 0.25) is 4.34 Å². The maximum absolute atomic E-state index is 10.2. The van der Waals surface area contributed by atoms with Crippen molar-refractivity contribution in [1.29, 1.82) is 0 Å². The second-order valence-electron chi connectivity index (χ2n) is 6.29. The summed E-state index contributed by atoms with van der Waals surface area (Å²) in [5.41, 5.74) is 2.43. The highest BCUT2D eigenvalue weighted by atomic mass is 127. The maximum atomic E-state index is 10.2. The first-order chi connectivity index (χ1) is 12.5. The molecule has 0 amide bonds. The highest BCUT2D eigenvalue weighted by molar-refractivity contribution is 14.0. The van der Waals surface area contributed by atoms with Crippen LogP contribution >= 0.6 is 46.9 Å². The van der Waals surface area contributed by atoms with Crippen LogP contribution in [0.5, 0.6) is 0 Å². The molecule has 0 spiro atoms. The van der Waals surface area contributed by atoms with E-state index in [-0.39, 0.29) is 24.0 Å². The number of aliphatic hydroxyl groups is 1. The van der Waals surface area contributed by atoms with Gasteiger partial charge in [-0.3, -0.25) is 0 Å². The summed E-state index contributed by atoms with van der Waals surface area (Å²) in [4.78, 5) is 7.58. The van der Waals surface area contributed by atoms with Gasteiger partial charge in [-0.05, 0) is 44.3 Å². The lowest BCUT2D eigenvalue weighted by Crippen LogP contribution is -2.39. The number of hydrogen-bond acceptors (Lipinski definition) is 4. The lowest BCUT2D eigenvalue weighted by Gasteiger charge is -2.14. The third kappa shape index (κ3) is 8.78. The minimum atomic E-state index is -0.610. The van der Waals surface area contributed by atoms with Crippen LogP contribution in [0.4, 0.5) is 0 Å². The molecule has 0 saturated heterocycles. The molecule has 0 aliphatic heterocycles. The molecule has 1 aromatic carbocycles. The number of nitrogens with one attached hydrogen (secondary N) is 2. The van der Waals surface area contributed by atoms with Gasteiger partial charge in [-0.25, -0.2) is 4.99 Å². The molecule has 0 fully saturated rings. The predicted octanol–water partition coefficient (Wildman–Crippen LogP) is 3.87. The smallest absolute Gasteiger partial charge is 0.191 e. The summed E-state index contributed by atoms with van der Waals surface area (Å²) in [5, 5.41) is 16.6. The molecule has 0 aliphatic rings. The summed E-state index contributed by atoms with van der Waals surface area (Å²) in [6.45, 7) is 4.67. The number of thiophene rings is 1. The first-order valence-electron chi connectivity index (χ1n) is 8.66. The van der Waals surface area contributed by atoms with Crippen LogP contribution in [0, 0.1) is 0 Å². The quantitative estimate of drug-likeness (QED) is 0.280. The third-order valence-electron chi connectivity index (χ3n) is 3.67. The average Bonchev–Trinajstić information content (AvgIpc) is 3.04. The number of benzene rings is 1. The van der Waals surface area contributed by atoms with Crippen molar-refractivity contribution in [3.63, 3.8) is 0 Å². The van der Waals surface area contributed by atoms with Crippen LogP contribution in [-0.2, 0) is 13.1 Å². The second-order valence-corrected chi connectivity index (χ2v) is 8.03. The van der Waals surface area contributed by atoms with Crippen molar-refractivity contribution < 1.29 is 5.11 Å². The van der Waals surface area contributed by atoms with Gasteiger partial charge in [0.1, 0.15) is 6.10 Å². The normalized spacial score (nSPS) is 12.6. The molecule has 1 aromatic heterocycles. The van der Waals surface area contributed by atoms with Gasteiger partial charge in [0, 0.05) is 24.5 Å². The Balaban J connectivity index is 0.00000364. The molecule has 0 aliphatic carbocycles. The van der Waals surface area contributed by atoms with Crippen LogP contribution in [0.15, 0.2) is 41.4 Å². The third-order valence-corrected chi connectivity index (χ3v) is 5.00. The average molecular weight is 523 g/mol. The second kappa shape index (κ2) is 12.6. The Labute approximate surface area is 187 Å². The molecule has 2 rings (SSSR count). The van der Waals surface area contributed by atoms with E-state index in [1.165, 1.54) is 16.9 Å². The van der Waals surface area contributed by atoms with E-state index in [0.29, 0.717) is 23.4 Å². The van der Waals surface area contributed by atoms with Gasteiger partial charge in [0.25, 0.3) is 0 Å². The van der Waals surface area contributed by atoms with Gasteiger partial charge in [-0.15, -0.1) is 35.3 Å². The van der Waals surface area contributed by atoms with Crippen LogP contribution in [0.3, 0.4) is 0 Å². The fraction of sp³-hybridized carbons (Fsp3) is 0.421. The van der Waals surface area contributed by atoms with Crippen molar-refractivity contribution in [3.8, 4) is 0 Å². The van der Waals surface area contributed by atoms with Crippen molar-refractivity contribution >= 4 is 52.9 Å². The molecule has 0 radical (unpaired) electrons. The summed E-state index contributed by atoms with van der Waals surface area (Å²) in [7, 11) is 4.12.